The van der Waals surface area contributed by atoms with Crippen LogP contribution in [0.5, 0.6) is 0 Å². The van der Waals surface area contributed by atoms with Crippen LogP contribution in [0.3, 0.4) is 0 Å². The van der Waals surface area contributed by atoms with E-state index in [2.05, 4.69) is 58.5 Å². The van der Waals surface area contributed by atoms with Gasteiger partial charge in [0.15, 0.2) is 0 Å². The molecule has 0 radical (unpaired) electrons. The van der Waals surface area contributed by atoms with Gasteiger partial charge < -0.3 is 15.1 Å². The van der Waals surface area contributed by atoms with Crippen LogP contribution in [0.2, 0.25) is 0 Å². The average Bonchev–Trinajstić information content (AvgIpc) is 2.85. The Morgan fingerprint density at radius 2 is 1.62 bits per heavy atom. The van der Waals surface area contributed by atoms with Crippen molar-refractivity contribution in [2.45, 2.75) is 20.3 Å². The second kappa shape index (κ2) is 9.51. The van der Waals surface area contributed by atoms with Gasteiger partial charge in [0.1, 0.15) is 5.82 Å². The Bertz CT molecular complexity index is 1300. The molecule has 1 aliphatic heterocycles. The normalized spacial score (nSPS) is 13.8. The quantitative estimate of drug-likeness (QED) is 0.469. The lowest BCUT2D eigenvalue weighted by molar-refractivity contribution is -0.130. The summed E-state index contributed by atoms with van der Waals surface area (Å²) < 4.78 is 0. The first-order valence-electron chi connectivity index (χ1n) is 11.7. The van der Waals surface area contributed by atoms with Crippen molar-refractivity contribution in [1.82, 2.24) is 14.9 Å². The van der Waals surface area contributed by atoms with Crippen LogP contribution >= 0.6 is 0 Å². The summed E-state index contributed by atoms with van der Waals surface area (Å²) in [5.74, 6) is 1.66. The highest BCUT2D eigenvalue weighted by Gasteiger charge is 2.23. The molecule has 4 aromatic rings. The van der Waals surface area contributed by atoms with E-state index in [1.54, 1.807) is 0 Å². The molecule has 34 heavy (non-hydrogen) atoms. The van der Waals surface area contributed by atoms with E-state index in [-0.39, 0.29) is 5.91 Å². The first kappa shape index (κ1) is 21.9. The van der Waals surface area contributed by atoms with E-state index in [9.17, 15) is 4.79 Å². The second-order valence-electron chi connectivity index (χ2n) is 8.87. The Morgan fingerprint density at radius 3 is 2.41 bits per heavy atom. The van der Waals surface area contributed by atoms with Gasteiger partial charge in [-0.05, 0) is 42.3 Å². The fraction of sp³-hybridized carbons (Fsp3) is 0.250. The Kier molecular flexibility index (Phi) is 6.12. The zero-order chi connectivity index (χ0) is 23.5. The number of carbonyl (C=O) groups excluding carboxylic acids is 1. The number of amides is 1. The molecule has 1 aromatic heterocycles. The van der Waals surface area contributed by atoms with Crippen LogP contribution in [0.1, 0.15) is 16.8 Å². The number of anilines is 3. The number of piperazine rings is 1. The maximum atomic E-state index is 13.1. The number of benzene rings is 3. The molecular formula is C28H29N5O. The van der Waals surface area contributed by atoms with Crippen molar-refractivity contribution in [3.63, 3.8) is 0 Å². The maximum absolute atomic E-state index is 13.1. The van der Waals surface area contributed by atoms with Crippen molar-refractivity contribution in [2.75, 3.05) is 36.4 Å². The summed E-state index contributed by atoms with van der Waals surface area (Å²) in [5.41, 5.74) is 4.17. The van der Waals surface area contributed by atoms with Crippen molar-refractivity contribution in [1.29, 1.82) is 0 Å². The maximum Gasteiger partial charge on any atom is 0.229 e. The van der Waals surface area contributed by atoms with Gasteiger partial charge in [0.25, 0.3) is 0 Å². The van der Waals surface area contributed by atoms with Gasteiger partial charge in [-0.3, -0.25) is 4.79 Å². The summed E-state index contributed by atoms with van der Waals surface area (Å²) in [4.78, 5) is 26.6. The highest BCUT2D eigenvalue weighted by molar-refractivity contribution is 5.90. The smallest absolute Gasteiger partial charge is 0.229 e. The lowest BCUT2D eigenvalue weighted by Gasteiger charge is -2.35. The van der Waals surface area contributed by atoms with Crippen LogP contribution in [0.15, 0.2) is 72.8 Å². The minimum Gasteiger partial charge on any atom is -0.353 e. The van der Waals surface area contributed by atoms with Crippen molar-refractivity contribution >= 4 is 34.1 Å². The molecule has 0 aliphatic carbocycles. The minimum atomic E-state index is 0.177. The van der Waals surface area contributed by atoms with Crippen LogP contribution in [-0.4, -0.2) is 47.0 Å². The van der Waals surface area contributed by atoms with E-state index >= 15 is 0 Å². The number of carbonyl (C=O) groups is 1. The molecular weight excluding hydrogens is 422 g/mol. The minimum absolute atomic E-state index is 0.177. The van der Waals surface area contributed by atoms with E-state index in [0.29, 0.717) is 25.5 Å². The molecule has 1 saturated heterocycles. The molecule has 0 unspecified atom stereocenters. The summed E-state index contributed by atoms with van der Waals surface area (Å²) in [7, 11) is 0. The molecule has 1 amide bonds. The van der Waals surface area contributed by atoms with Crippen LogP contribution < -0.4 is 10.2 Å². The number of hydrogen-bond donors (Lipinski definition) is 1. The van der Waals surface area contributed by atoms with E-state index in [0.717, 1.165) is 41.2 Å². The monoisotopic (exact) mass is 451 g/mol. The molecule has 2 heterocycles. The largest absolute Gasteiger partial charge is 0.353 e. The van der Waals surface area contributed by atoms with Gasteiger partial charge in [0, 0.05) is 43.6 Å². The molecule has 6 nitrogen and oxygen atoms in total. The number of rotatable bonds is 5. The third-order valence-corrected chi connectivity index (χ3v) is 6.33. The summed E-state index contributed by atoms with van der Waals surface area (Å²) in [6, 6.07) is 24.6. The highest BCUT2D eigenvalue weighted by Crippen LogP contribution is 2.22. The topological polar surface area (TPSA) is 61.4 Å². The zero-order valence-corrected chi connectivity index (χ0v) is 19.7. The van der Waals surface area contributed by atoms with Crippen molar-refractivity contribution < 1.29 is 4.79 Å². The Morgan fingerprint density at radius 1 is 0.882 bits per heavy atom. The van der Waals surface area contributed by atoms with Gasteiger partial charge >= 0.3 is 0 Å². The Balaban J connectivity index is 1.23. The molecule has 3 aromatic carbocycles. The molecule has 1 N–H and O–H groups in total. The lowest BCUT2D eigenvalue weighted by Crippen LogP contribution is -2.49. The number of fused-ring (bicyclic) bond motifs is 1. The van der Waals surface area contributed by atoms with Crippen molar-refractivity contribution in [3.05, 3.63) is 89.6 Å². The molecule has 0 spiro atoms. The van der Waals surface area contributed by atoms with Gasteiger partial charge in [-0.1, -0.05) is 60.2 Å². The van der Waals surface area contributed by atoms with E-state index < -0.39 is 0 Å². The third-order valence-electron chi connectivity index (χ3n) is 6.33. The Hall–Kier alpha value is -3.93. The van der Waals surface area contributed by atoms with Crippen LogP contribution in [0.4, 0.5) is 17.5 Å². The predicted octanol–water partition coefficient (Wildman–Crippen LogP) is 4.88. The predicted molar refractivity (Wildman–Crippen MR) is 138 cm³/mol. The fourth-order valence-electron chi connectivity index (χ4n) is 4.44. The van der Waals surface area contributed by atoms with Crippen molar-refractivity contribution in [2.24, 2.45) is 0 Å². The van der Waals surface area contributed by atoms with Gasteiger partial charge in [0.05, 0.1) is 6.42 Å². The van der Waals surface area contributed by atoms with Crippen LogP contribution in [-0.2, 0) is 11.2 Å². The van der Waals surface area contributed by atoms with Gasteiger partial charge in [-0.25, -0.2) is 4.98 Å². The number of hydrogen-bond acceptors (Lipinski definition) is 5. The number of nitrogens with zero attached hydrogens (tertiary/aromatic N) is 4. The molecule has 5 rings (SSSR count). The van der Waals surface area contributed by atoms with Gasteiger partial charge in [-0.15, -0.1) is 0 Å². The lowest BCUT2D eigenvalue weighted by atomic mass is 10.0. The standard InChI is InChI=1S/C28H29N5O/c1-20-10-12-24(13-11-20)30-28-29-21(2)18-26(31-28)32-14-16-33(17-15-32)27(34)19-23-8-5-7-22-6-3-4-9-25(22)23/h3-13,18H,14-17,19H2,1-2H3,(H,29,30,31). The summed E-state index contributed by atoms with van der Waals surface area (Å²) in [5, 5.41) is 5.63. The molecule has 172 valence electrons. The molecule has 6 heteroatoms. The van der Waals surface area contributed by atoms with E-state index in [1.807, 2.05) is 48.2 Å². The summed E-state index contributed by atoms with van der Waals surface area (Å²) >= 11 is 0. The summed E-state index contributed by atoms with van der Waals surface area (Å²) in [6.45, 7) is 6.93. The van der Waals surface area contributed by atoms with Crippen LogP contribution in [0.25, 0.3) is 10.8 Å². The van der Waals surface area contributed by atoms with Gasteiger partial charge in [0.2, 0.25) is 11.9 Å². The summed E-state index contributed by atoms with van der Waals surface area (Å²) in [6.07, 6.45) is 0.429. The first-order valence-corrected chi connectivity index (χ1v) is 11.7. The number of aryl methyl sites for hydroxylation is 2. The number of nitrogens with one attached hydrogen (secondary N) is 1. The first-order chi connectivity index (χ1) is 16.5. The van der Waals surface area contributed by atoms with Crippen LogP contribution in [0, 0.1) is 13.8 Å². The van der Waals surface area contributed by atoms with E-state index in [4.69, 9.17) is 4.98 Å². The average molecular weight is 452 g/mol. The van der Waals surface area contributed by atoms with Crippen molar-refractivity contribution in [3.8, 4) is 0 Å². The SMILES string of the molecule is Cc1ccc(Nc2nc(C)cc(N3CCN(C(=O)Cc4cccc5ccccc45)CC3)n2)cc1. The molecule has 0 saturated carbocycles. The third kappa shape index (κ3) is 4.86. The van der Waals surface area contributed by atoms with Gasteiger partial charge in [-0.2, -0.15) is 4.98 Å². The second-order valence-corrected chi connectivity index (χ2v) is 8.87. The molecule has 1 fully saturated rings. The molecule has 0 bridgehead atoms. The zero-order valence-electron chi connectivity index (χ0n) is 19.7. The Labute approximate surface area is 200 Å². The highest BCUT2D eigenvalue weighted by atomic mass is 16.2. The number of aromatic nitrogens is 2. The fourth-order valence-corrected chi connectivity index (χ4v) is 4.44. The molecule has 1 aliphatic rings. The molecule has 0 atom stereocenters. The van der Waals surface area contributed by atoms with E-state index in [1.165, 1.54) is 10.9 Å².